The Kier molecular flexibility index (Phi) is 3.13. The van der Waals surface area contributed by atoms with Gasteiger partial charge in [0.05, 0.1) is 11.7 Å². The number of pyridine rings is 1. The summed E-state index contributed by atoms with van der Waals surface area (Å²) in [4.78, 5) is 13.2. The Bertz CT molecular complexity index is 592. The number of aromatic nitrogens is 3. The van der Waals surface area contributed by atoms with Gasteiger partial charge in [0.2, 0.25) is 0 Å². The minimum absolute atomic E-state index is 0.368. The van der Waals surface area contributed by atoms with Gasteiger partial charge in [-0.25, -0.2) is 15.0 Å². The average Bonchev–Trinajstić information content (AvgIpc) is 2.29. The maximum absolute atomic E-state index is 4.49. The van der Waals surface area contributed by atoms with E-state index in [2.05, 4.69) is 25.6 Å². The Balaban J connectivity index is 1.88. The second-order valence-corrected chi connectivity index (χ2v) is 4.81. The van der Waals surface area contributed by atoms with Gasteiger partial charge in [0.1, 0.15) is 17.5 Å². The molecule has 19 heavy (non-hydrogen) atoms. The van der Waals surface area contributed by atoms with Crippen LogP contribution in [0.15, 0.2) is 24.4 Å². The van der Waals surface area contributed by atoms with E-state index in [1.54, 1.807) is 6.20 Å². The van der Waals surface area contributed by atoms with E-state index in [4.69, 9.17) is 0 Å². The first-order valence-electron chi connectivity index (χ1n) is 6.50. The van der Waals surface area contributed by atoms with E-state index in [1.807, 2.05) is 32.0 Å². The molecule has 98 valence electrons. The molecule has 1 fully saturated rings. The lowest BCUT2D eigenvalue weighted by molar-refractivity contribution is 0.374. The van der Waals surface area contributed by atoms with Gasteiger partial charge >= 0.3 is 0 Å². The highest BCUT2D eigenvalue weighted by atomic mass is 15.1. The number of anilines is 2. The highest BCUT2D eigenvalue weighted by molar-refractivity contribution is 5.55. The number of aryl methyl sites for hydroxylation is 2. The summed E-state index contributed by atoms with van der Waals surface area (Å²) >= 11 is 0. The Hall–Kier alpha value is -2.01. The van der Waals surface area contributed by atoms with Gasteiger partial charge in [-0.15, -0.1) is 0 Å². The molecule has 0 aromatic carbocycles. The van der Waals surface area contributed by atoms with Crippen LogP contribution in [0.1, 0.15) is 29.5 Å². The highest BCUT2D eigenvalue weighted by Gasteiger charge is 2.20. The van der Waals surface area contributed by atoms with Crippen LogP contribution in [0, 0.1) is 13.8 Å². The van der Waals surface area contributed by atoms with E-state index < -0.39 is 0 Å². The fourth-order valence-electron chi connectivity index (χ4n) is 2.11. The Morgan fingerprint density at radius 3 is 2.84 bits per heavy atom. The van der Waals surface area contributed by atoms with Crippen LogP contribution in [-0.4, -0.2) is 21.5 Å². The van der Waals surface area contributed by atoms with Gasteiger partial charge in [0.15, 0.2) is 0 Å². The molecule has 0 amide bonds. The first kappa shape index (κ1) is 12.0. The summed E-state index contributed by atoms with van der Waals surface area (Å²) in [5.74, 6) is 2.42. The Labute approximate surface area is 112 Å². The quantitative estimate of drug-likeness (QED) is 0.881. The number of nitrogens with one attached hydrogen (secondary N) is 2. The van der Waals surface area contributed by atoms with Crippen molar-refractivity contribution in [2.45, 2.75) is 26.3 Å². The average molecular weight is 255 g/mol. The molecule has 0 aliphatic carbocycles. The zero-order chi connectivity index (χ0) is 13.2. The first-order chi connectivity index (χ1) is 9.22. The van der Waals surface area contributed by atoms with E-state index in [1.165, 1.54) is 0 Å². The molecule has 1 aliphatic heterocycles. The van der Waals surface area contributed by atoms with Gasteiger partial charge in [-0.3, -0.25) is 0 Å². The molecule has 1 aliphatic rings. The van der Waals surface area contributed by atoms with Gasteiger partial charge in [-0.1, -0.05) is 6.07 Å². The van der Waals surface area contributed by atoms with Crippen LogP contribution in [-0.2, 0) is 0 Å². The maximum atomic E-state index is 4.49. The molecule has 0 radical (unpaired) electrons. The van der Waals surface area contributed by atoms with E-state index >= 15 is 0 Å². The molecule has 0 spiro atoms. The molecule has 1 unspecified atom stereocenters. The van der Waals surface area contributed by atoms with E-state index in [-0.39, 0.29) is 0 Å². The monoisotopic (exact) mass is 255 g/mol. The second-order valence-electron chi connectivity index (χ2n) is 4.81. The molecule has 3 heterocycles. The van der Waals surface area contributed by atoms with Crippen LogP contribution in [0.4, 0.5) is 11.6 Å². The van der Waals surface area contributed by atoms with Crippen molar-refractivity contribution in [1.29, 1.82) is 0 Å². The molecule has 0 saturated carbocycles. The molecule has 2 N–H and O–H groups in total. The summed E-state index contributed by atoms with van der Waals surface area (Å²) in [7, 11) is 0. The Morgan fingerprint density at radius 1 is 1.32 bits per heavy atom. The van der Waals surface area contributed by atoms with Crippen LogP contribution in [0.2, 0.25) is 0 Å². The normalized spacial score (nSPS) is 17.9. The first-order valence-corrected chi connectivity index (χ1v) is 6.50. The molecule has 5 nitrogen and oxygen atoms in total. The predicted octanol–water partition coefficient (Wildman–Crippen LogP) is 2.27. The number of hydrogen-bond acceptors (Lipinski definition) is 5. The second kappa shape index (κ2) is 4.93. The van der Waals surface area contributed by atoms with Crippen molar-refractivity contribution in [3.63, 3.8) is 0 Å². The molecular weight excluding hydrogens is 238 g/mol. The van der Waals surface area contributed by atoms with Crippen molar-refractivity contribution < 1.29 is 0 Å². The minimum atomic E-state index is 0.368. The van der Waals surface area contributed by atoms with Crippen LogP contribution in [0.25, 0.3) is 0 Å². The smallest absolute Gasteiger partial charge is 0.135 e. The van der Waals surface area contributed by atoms with Crippen molar-refractivity contribution in [3.8, 4) is 0 Å². The molecule has 3 rings (SSSR count). The van der Waals surface area contributed by atoms with Crippen LogP contribution in [0.5, 0.6) is 0 Å². The summed E-state index contributed by atoms with van der Waals surface area (Å²) in [6.45, 7) is 5.01. The van der Waals surface area contributed by atoms with Crippen LogP contribution < -0.4 is 10.6 Å². The van der Waals surface area contributed by atoms with Gasteiger partial charge in [0, 0.05) is 12.3 Å². The van der Waals surface area contributed by atoms with Crippen molar-refractivity contribution in [2.75, 3.05) is 11.9 Å². The van der Waals surface area contributed by atoms with Crippen molar-refractivity contribution in [1.82, 2.24) is 20.3 Å². The van der Waals surface area contributed by atoms with E-state index in [9.17, 15) is 0 Å². The van der Waals surface area contributed by atoms with Gasteiger partial charge in [0.25, 0.3) is 0 Å². The summed E-state index contributed by atoms with van der Waals surface area (Å²) < 4.78 is 0. The van der Waals surface area contributed by atoms with Crippen molar-refractivity contribution in [3.05, 3.63) is 41.5 Å². The van der Waals surface area contributed by atoms with Gasteiger partial charge in [-0.2, -0.15) is 0 Å². The summed E-state index contributed by atoms with van der Waals surface area (Å²) in [6.07, 6.45) is 2.91. The van der Waals surface area contributed by atoms with Gasteiger partial charge < -0.3 is 10.6 Å². The molecule has 0 bridgehead atoms. The highest BCUT2D eigenvalue weighted by Crippen LogP contribution is 2.24. The number of hydrogen-bond donors (Lipinski definition) is 2. The van der Waals surface area contributed by atoms with Crippen LogP contribution >= 0.6 is 0 Å². The van der Waals surface area contributed by atoms with Crippen LogP contribution in [0.3, 0.4) is 0 Å². The third kappa shape index (κ3) is 2.56. The van der Waals surface area contributed by atoms with Crippen molar-refractivity contribution >= 4 is 11.6 Å². The zero-order valence-electron chi connectivity index (χ0n) is 11.1. The molecule has 1 saturated heterocycles. The lowest BCUT2D eigenvalue weighted by Crippen LogP contribution is -2.35. The lowest BCUT2D eigenvalue weighted by atomic mass is 10.0. The molecule has 2 aromatic heterocycles. The summed E-state index contributed by atoms with van der Waals surface area (Å²) in [6, 6.07) is 6.32. The largest absolute Gasteiger partial charge is 0.325 e. The fourth-order valence-corrected chi connectivity index (χ4v) is 2.11. The number of rotatable bonds is 3. The topological polar surface area (TPSA) is 62.7 Å². The SMILES string of the molecule is Cc1nc(Nc2ncccc2C)cc(C2CCN2)n1. The van der Waals surface area contributed by atoms with E-state index in [0.717, 1.165) is 41.7 Å². The van der Waals surface area contributed by atoms with E-state index in [0.29, 0.717) is 6.04 Å². The lowest BCUT2D eigenvalue weighted by Gasteiger charge is -2.27. The third-order valence-corrected chi connectivity index (χ3v) is 3.29. The Morgan fingerprint density at radius 2 is 2.16 bits per heavy atom. The molecular formula is C14H17N5. The minimum Gasteiger partial charge on any atom is -0.325 e. The molecule has 5 heteroatoms. The summed E-state index contributed by atoms with van der Waals surface area (Å²) in [5, 5.41) is 6.62. The van der Waals surface area contributed by atoms with Gasteiger partial charge in [-0.05, 0) is 38.4 Å². The number of nitrogens with zero attached hydrogens (tertiary/aromatic N) is 3. The molecule has 1 atom stereocenters. The van der Waals surface area contributed by atoms with Crippen molar-refractivity contribution in [2.24, 2.45) is 0 Å². The predicted molar refractivity (Wildman–Crippen MR) is 74.4 cm³/mol. The standard InChI is InChI=1S/C14H17N5/c1-9-4-3-6-16-14(9)19-13-8-12(11-5-7-15-11)17-10(2)18-13/h3-4,6,8,11,15H,5,7H2,1-2H3,(H,16,17,18,19). The molecule has 2 aromatic rings. The zero-order valence-corrected chi connectivity index (χ0v) is 11.1. The summed E-state index contributed by atoms with van der Waals surface area (Å²) in [5.41, 5.74) is 2.15. The maximum Gasteiger partial charge on any atom is 0.135 e. The fraction of sp³-hybridized carbons (Fsp3) is 0.357. The third-order valence-electron chi connectivity index (χ3n) is 3.29.